The average Bonchev–Trinajstić information content (AvgIpc) is 2.38. The smallest absolute Gasteiger partial charge is 0.114 e. The Labute approximate surface area is 105 Å². The maximum Gasteiger partial charge on any atom is 0.114 e. The molecule has 0 aromatic carbocycles. The lowest BCUT2D eigenvalue weighted by molar-refractivity contribution is 0.0762. The minimum absolute atomic E-state index is 0.619. The first-order chi connectivity index (χ1) is 8.11. The van der Waals surface area contributed by atoms with E-state index < -0.39 is 0 Å². The highest BCUT2D eigenvalue weighted by molar-refractivity contribution is 5.40. The van der Waals surface area contributed by atoms with E-state index in [1.807, 2.05) is 0 Å². The zero-order valence-electron chi connectivity index (χ0n) is 11.5. The first-order valence-corrected chi connectivity index (χ1v) is 6.26. The molecule has 1 fully saturated rings. The van der Waals surface area contributed by atoms with Crippen LogP contribution in [0.25, 0.3) is 0 Å². The van der Waals surface area contributed by atoms with Gasteiger partial charge in [-0.1, -0.05) is 12.7 Å². The first kappa shape index (κ1) is 14.0. The Balaban J connectivity index is 2.90. The summed E-state index contributed by atoms with van der Waals surface area (Å²) in [4.78, 5) is 0. The van der Waals surface area contributed by atoms with Gasteiger partial charge in [0.25, 0.3) is 0 Å². The summed E-state index contributed by atoms with van der Waals surface area (Å²) in [6.45, 7) is 12.0. The van der Waals surface area contributed by atoms with Crippen molar-refractivity contribution in [1.82, 2.24) is 0 Å². The summed E-state index contributed by atoms with van der Waals surface area (Å²) in [5.74, 6) is 1.38. The monoisotopic (exact) mass is 236 g/mol. The standard InChI is InChI=1S/C15H24O2/c1-6-15(14-7-9-17-10-8-14)12(3)11(2)13(4)16-5/h6,14H,4,7-10H2,1-3,5H3/b12-11-,15-6+. The molecule has 0 N–H and O–H groups in total. The van der Waals surface area contributed by atoms with Crippen LogP contribution < -0.4 is 0 Å². The number of hydrogen-bond acceptors (Lipinski definition) is 2. The summed E-state index contributed by atoms with van der Waals surface area (Å²) in [6, 6.07) is 0. The van der Waals surface area contributed by atoms with E-state index >= 15 is 0 Å². The van der Waals surface area contributed by atoms with Gasteiger partial charge in [-0.2, -0.15) is 0 Å². The lowest BCUT2D eigenvalue weighted by Crippen LogP contribution is -2.18. The van der Waals surface area contributed by atoms with Gasteiger partial charge in [0.15, 0.2) is 0 Å². The number of rotatable bonds is 4. The lowest BCUT2D eigenvalue weighted by atomic mass is 9.85. The van der Waals surface area contributed by atoms with Crippen molar-refractivity contribution < 1.29 is 9.47 Å². The molecule has 0 spiro atoms. The quantitative estimate of drug-likeness (QED) is 0.545. The van der Waals surface area contributed by atoms with Crippen LogP contribution in [0.3, 0.4) is 0 Å². The Morgan fingerprint density at radius 1 is 1.24 bits per heavy atom. The highest BCUT2D eigenvalue weighted by Crippen LogP contribution is 2.31. The summed E-state index contributed by atoms with van der Waals surface area (Å²) in [5.41, 5.74) is 3.86. The maximum atomic E-state index is 5.42. The molecule has 0 radical (unpaired) electrons. The van der Waals surface area contributed by atoms with Crippen molar-refractivity contribution in [3.05, 3.63) is 35.1 Å². The van der Waals surface area contributed by atoms with E-state index in [4.69, 9.17) is 9.47 Å². The fourth-order valence-electron chi connectivity index (χ4n) is 2.35. The third-order valence-electron chi connectivity index (χ3n) is 3.63. The Hall–Kier alpha value is -1.02. The van der Waals surface area contributed by atoms with Gasteiger partial charge in [0.2, 0.25) is 0 Å². The highest BCUT2D eigenvalue weighted by atomic mass is 16.5. The van der Waals surface area contributed by atoms with Gasteiger partial charge in [0, 0.05) is 13.2 Å². The minimum Gasteiger partial charge on any atom is -0.497 e. The second-order valence-electron chi connectivity index (χ2n) is 4.51. The number of hydrogen-bond donors (Lipinski definition) is 0. The molecule has 1 rings (SSSR count). The van der Waals surface area contributed by atoms with Gasteiger partial charge < -0.3 is 9.47 Å². The molecule has 0 bridgehead atoms. The van der Waals surface area contributed by atoms with Gasteiger partial charge in [-0.3, -0.25) is 0 Å². The Morgan fingerprint density at radius 3 is 2.29 bits per heavy atom. The highest BCUT2D eigenvalue weighted by Gasteiger charge is 2.20. The molecule has 1 aliphatic heterocycles. The van der Waals surface area contributed by atoms with Gasteiger partial charge in [0.05, 0.1) is 7.11 Å². The van der Waals surface area contributed by atoms with Crippen molar-refractivity contribution in [2.75, 3.05) is 20.3 Å². The Morgan fingerprint density at radius 2 is 1.82 bits per heavy atom. The van der Waals surface area contributed by atoms with E-state index in [-0.39, 0.29) is 0 Å². The molecule has 96 valence electrons. The van der Waals surface area contributed by atoms with Gasteiger partial charge in [-0.25, -0.2) is 0 Å². The summed E-state index contributed by atoms with van der Waals surface area (Å²) < 4.78 is 10.6. The molecule has 2 heteroatoms. The molecule has 0 aromatic heterocycles. The van der Waals surface area contributed by atoms with Crippen LogP contribution in [0.1, 0.15) is 33.6 Å². The van der Waals surface area contributed by atoms with E-state index in [0.29, 0.717) is 5.92 Å². The van der Waals surface area contributed by atoms with Crippen LogP contribution in [0.15, 0.2) is 35.1 Å². The zero-order valence-corrected chi connectivity index (χ0v) is 11.5. The van der Waals surface area contributed by atoms with Crippen LogP contribution in [0.5, 0.6) is 0 Å². The fraction of sp³-hybridized carbons (Fsp3) is 0.600. The van der Waals surface area contributed by atoms with Crippen LogP contribution in [-0.4, -0.2) is 20.3 Å². The molecule has 0 atom stereocenters. The second kappa shape index (κ2) is 6.65. The van der Waals surface area contributed by atoms with Crippen LogP contribution in [-0.2, 0) is 9.47 Å². The molecule has 0 amide bonds. The van der Waals surface area contributed by atoms with Crippen LogP contribution in [0.4, 0.5) is 0 Å². The van der Waals surface area contributed by atoms with Crippen molar-refractivity contribution in [3.8, 4) is 0 Å². The van der Waals surface area contributed by atoms with Crippen molar-refractivity contribution in [3.63, 3.8) is 0 Å². The van der Waals surface area contributed by atoms with E-state index in [9.17, 15) is 0 Å². The van der Waals surface area contributed by atoms with Crippen LogP contribution >= 0.6 is 0 Å². The maximum absolute atomic E-state index is 5.42. The predicted octanol–water partition coefficient (Wildman–Crippen LogP) is 3.86. The van der Waals surface area contributed by atoms with E-state index in [2.05, 4.69) is 33.4 Å². The van der Waals surface area contributed by atoms with Gasteiger partial charge in [0.1, 0.15) is 5.76 Å². The molecule has 0 aromatic rings. The third-order valence-corrected chi connectivity index (χ3v) is 3.63. The SMILES string of the molecule is C=C(OC)/C(C)=C(C)\C(=C/C)C1CCOCC1. The van der Waals surface area contributed by atoms with Crippen molar-refractivity contribution in [2.45, 2.75) is 33.6 Å². The number of allylic oxidation sites excluding steroid dienone is 4. The summed E-state index contributed by atoms with van der Waals surface area (Å²) in [7, 11) is 1.67. The van der Waals surface area contributed by atoms with E-state index in [1.54, 1.807) is 7.11 Å². The fourth-order valence-corrected chi connectivity index (χ4v) is 2.35. The van der Waals surface area contributed by atoms with E-state index in [0.717, 1.165) is 37.4 Å². The van der Waals surface area contributed by atoms with Gasteiger partial charge in [-0.15, -0.1) is 0 Å². The molecule has 1 heterocycles. The largest absolute Gasteiger partial charge is 0.497 e. The van der Waals surface area contributed by atoms with Crippen molar-refractivity contribution in [2.24, 2.45) is 5.92 Å². The molecule has 0 unspecified atom stereocenters. The minimum atomic E-state index is 0.619. The summed E-state index contributed by atoms with van der Waals surface area (Å²) in [5, 5.41) is 0. The molecule has 1 aliphatic rings. The van der Waals surface area contributed by atoms with Gasteiger partial charge in [-0.05, 0) is 56.3 Å². The lowest BCUT2D eigenvalue weighted by Gasteiger charge is -2.26. The topological polar surface area (TPSA) is 18.5 Å². The molecule has 17 heavy (non-hydrogen) atoms. The number of methoxy groups -OCH3 is 1. The molecule has 0 aliphatic carbocycles. The first-order valence-electron chi connectivity index (χ1n) is 6.26. The predicted molar refractivity (Wildman–Crippen MR) is 71.8 cm³/mol. The summed E-state index contributed by atoms with van der Waals surface area (Å²) >= 11 is 0. The molecule has 0 saturated carbocycles. The second-order valence-corrected chi connectivity index (χ2v) is 4.51. The van der Waals surface area contributed by atoms with Gasteiger partial charge >= 0.3 is 0 Å². The van der Waals surface area contributed by atoms with E-state index in [1.165, 1.54) is 11.1 Å². The molecular weight excluding hydrogens is 212 g/mol. The average molecular weight is 236 g/mol. The molecular formula is C15H24O2. The molecule has 2 nitrogen and oxygen atoms in total. The van der Waals surface area contributed by atoms with Crippen molar-refractivity contribution >= 4 is 0 Å². The third kappa shape index (κ3) is 3.47. The van der Waals surface area contributed by atoms with Crippen LogP contribution in [0, 0.1) is 5.92 Å². The van der Waals surface area contributed by atoms with Crippen molar-refractivity contribution in [1.29, 1.82) is 0 Å². The Bertz CT molecular complexity index is 331. The number of ether oxygens (including phenoxy) is 2. The normalized spacial score (nSPS) is 19.9. The van der Waals surface area contributed by atoms with Crippen LogP contribution in [0.2, 0.25) is 0 Å². The summed E-state index contributed by atoms with van der Waals surface area (Å²) in [6.07, 6.45) is 4.45. The molecule has 1 saturated heterocycles. The Kier molecular flexibility index (Phi) is 5.49. The zero-order chi connectivity index (χ0) is 12.8.